The molecule has 3 heteroatoms. The van der Waals surface area contributed by atoms with Gasteiger partial charge in [0.1, 0.15) is 5.75 Å². The fourth-order valence-corrected chi connectivity index (χ4v) is 2.81. The van der Waals surface area contributed by atoms with E-state index >= 15 is 0 Å². The molecule has 0 radical (unpaired) electrons. The molecule has 0 saturated heterocycles. The molecular weight excluding hydrogens is 260 g/mol. The smallest absolute Gasteiger partial charge is 0.123 e. The van der Waals surface area contributed by atoms with E-state index in [0.29, 0.717) is 12.3 Å². The topological polar surface area (TPSA) is 45.0 Å². The zero-order valence-electron chi connectivity index (χ0n) is 11.5. The molecule has 0 aromatic heterocycles. The molecule has 0 saturated carbocycles. The van der Waals surface area contributed by atoms with Crippen LogP contribution in [0, 0.1) is 0 Å². The fourth-order valence-electron chi connectivity index (χ4n) is 2.81. The molecule has 0 fully saturated rings. The van der Waals surface area contributed by atoms with E-state index < -0.39 is 0 Å². The highest BCUT2D eigenvalue weighted by Gasteiger charge is 2.15. The summed E-state index contributed by atoms with van der Waals surface area (Å²) >= 11 is 0. The van der Waals surface area contributed by atoms with Crippen molar-refractivity contribution in [2.45, 2.75) is 13.0 Å². The maximum Gasteiger partial charge on any atom is 0.123 e. The fraction of sp³-hybridized carbons (Fsp3) is 0.111. The van der Waals surface area contributed by atoms with E-state index in [0.717, 1.165) is 23.2 Å². The number of phenolic OH excluding ortho intramolecular Hbond substituents is 1. The Labute approximate surface area is 123 Å². The number of hydrogen-bond donors (Lipinski definition) is 1. The first-order valence-corrected chi connectivity index (χ1v) is 7.01. The molecule has 1 heterocycles. The first-order valence-electron chi connectivity index (χ1n) is 7.01. The van der Waals surface area contributed by atoms with Crippen molar-refractivity contribution in [2.75, 3.05) is 0 Å². The van der Waals surface area contributed by atoms with E-state index in [4.69, 9.17) is 0 Å². The van der Waals surface area contributed by atoms with Crippen molar-refractivity contribution in [3.63, 3.8) is 0 Å². The summed E-state index contributed by atoms with van der Waals surface area (Å²) in [4.78, 5) is 0. The highest BCUT2D eigenvalue weighted by molar-refractivity contribution is 5.91. The number of rotatable bonds is 2. The normalized spacial score (nSPS) is 15.8. The maximum absolute atomic E-state index is 9.96. The molecule has 0 spiro atoms. The van der Waals surface area contributed by atoms with Crippen LogP contribution in [0.15, 0.2) is 64.8 Å². The molecule has 1 N–H and O–H groups in total. The molecule has 4 rings (SSSR count). The van der Waals surface area contributed by atoms with Crippen molar-refractivity contribution in [3.05, 3.63) is 71.3 Å². The highest BCUT2D eigenvalue weighted by Crippen LogP contribution is 2.37. The molecule has 0 atom stereocenters. The van der Waals surface area contributed by atoms with Crippen molar-refractivity contribution in [1.82, 2.24) is 0 Å². The molecule has 1 aliphatic heterocycles. The predicted octanol–water partition coefficient (Wildman–Crippen LogP) is 4.86. The number of azo groups is 1. The minimum atomic E-state index is 0.323. The van der Waals surface area contributed by atoms with E-state index in [9.17, 15) is 5.11 Å². The van der Waals surface area contributed by atoms with E-state index in [1.807, 2.05) is 18.2 Å². The molecule has 102 valence electrons. The highest BCUT2D eigenvalue weighted by atomic mass is 16.3. The van der Waals surface area contributed by atoms with Crippen LogP contribution in [0.3, 0.4) is 0 Å². The van der Waals surface area contributed by atoms with Gasteiger partial charge in [-0.05, 0) is 35.3 Å². The van der Waals surface area contributed by atoms with Crippen LogP contribution >= 0.6 is 0 Å². The molecule has 2 aromatic carbocycles. The summed E-state index contributed by atoms with van der Waals surface area (Å²) in [6.07, 6.45) is 5.17. The van der Waals surface area contributed by atoms with Crippen molar-refractivity contribution in [1.29, 1.82) is 0 Å². The Morgan fingerprint density at radius 3 is 2.86 bits per heavy atom. The zero-order chi connectivity index (χ0) is 14.2. The summed E-state index contributed by atoms with van der Waals surface area (Å²) in [5, 5.41) is 18.2. The van der Waals surface area contributed by atoms with Gasteiger partial charge in [-0.25, -0.2) is 0 Å². The van der Waals surface area contributed by atoms with Gasteiger partial charge in [0.05, 0.1) is 12.2 Å². The lowest BCUT2D eigenvalue weighted by molar-refractivity contribution is 0.474. The van der Waals surface area contributed by atoms with Gasteiger partial charge in [-0.3, -0.25) is 0 Å². The predicted molar refractivity (Wildman–Crippen MR) is 83.3 cm³/mol. The second kappa shape index (κ2) is 4.70. The average Bonchev–Trinajstić information content (AvgIpc) is 3.16. The van der Waals surface area contributed by atoms with Crippen LogP contribution in [0.5, 0.6) is 5.75 Å². The molecule has 0 unspecified atom stereocenters. The van der Waals surface area contributed by atoms with Crippen LogP contribution in [-0.2, 0) is 6.54 Å². The Morgan fingerprint density at radius 1 is 1.05 bits per heavy atom. The number of benzene rings is 2. The minimum Gasteiger partial charge on any atom is -0.507 e. The summed E-state index contributed by atoms with van der Waals surface area (Å²) in [6, 6.07) is 13.8. The average molecular weight is 274 g/mol. The van der Waals surface area contributed by atoms with Crippen molar-refractivity contribution < 1.29 is 5.11 Å². The van der Waals surface area contributed by atoms with Crippen LogP contribution < -0.4 is 0 Å². The van der Waals surface area contributed by atoms with Gasteiger partial charge in [-0.2, -0.15) is 10.2 Å². The Balaban J connectivity index is 1.69. The molecular formula is C18H14N2O. The van der Waals surface area contributed by atoms with Crippen LogP contribution in [-0.4, -0.2) is 5.11 Å². The Bertz CT molecular complexity index is 816. The molecule has 2 aromatic rings. The van der Waals surface area contributed by atoms with Gasteiger partial charge in [0.15, 0.2) is 0 Å². The molecule has 1 aliphatic carbocycles. The van der Waals surface area contributed by atoms with Gasteiger partial charge < -0.3 is 5.11 Å². The summed E-state index contributed by atoms with van der Waals surface area (Å²) in [7, 11) is 0. The number of phenols is 1. The molecule has 21 heavy (non-hydrogen) atoms. The van der Waals surface area contributed by atoms with Gasteiger partial charge in [0, 0.05) is 11.1 Å². The van der Waals surface area contributed by atoms with Crippen molar-refractivity contribution >= 4 is 16.8 Å². The third kappa shape index (κ3) is 2.07. The van der Waals surface area contributed by atoms with Gasteiger partial charge in [-0.1, -0.05) is 42.5 Å². The van der Waals surface area contributed by atoms with E-state index in [1.165, 1.54) is 16.7 Å². The second-order valence-electron chi connectivity index (χ2n) is 5.29. The van der Waals surface area contributed by atoms with Crippen LogP contribution in [0.4, 0.5) is 5.69 Å². The Kier molecular flexibility index (Phi) is 2.71. The van der Waals surface area contributed by atoms with Crippen LogP contribution in [0.25, 0.3) is 11.1 Å². The second-order valence-corrected chi connectivity index (χ2v) is 5.29. The quantitative estimate of drug-likeness (QED) is 0.835. The first-order chi connectivity index (χ1) is 10.3. The largest absolute Gasteiger partial charge is 0.507 e. The Morgan fingerprint density at radius 2 is 1.95 bits per heavy atom. The summed E-state index contributed by atoms with van der Waals surface area (Å²) < 4.78 is 0. The van der Waals surface area contributed by atoms with Crippen molar-refractivity contribution in [2.24, 2.45) is 10.2 Å². The first kappa shape index (κ1) is 12.1. The van der Waals surface area contributed by atoms with E-state index in [-0.39, 0.29) is 0 Å². The lowest BCUT2D eigenvalue weighted by Gasteiger charge is -2.04. The minimum absolute atomic E-state index is 0.323. The molecule has 0 bridgehead atoms. The third-order valence-corrected chi connectivity index (χ3v) is 3.96. The van der Waals surface area contributed by atoms with Gasteiger partial charge >= 0.3 is 0 Å². The number of allylic oxidation sites excluding steroid dienone is 4. The SMILES string of the molecule is Oc1ccccc1C1=CCC(c2ccc3c(c2)N=NC3)=C1. The Hall–Kier alpha value is -2.68. The third-order valence-electron chi connectivity index (χ3n) is 3.96. The van der Waals surface area contributed by atoms with Crippen LogP contribution in [0.2, 0.25) is 0 Å². The lowest BCUT2D eigenvalue weighted by Crippen LogP contribution is -1.83. The maximum atomic E-state index is 9.96. The van der Waals surface area contributed by atoms with Gasteiger partial charge in [-0.15, -0.1) is 0 Å². The number of nitrogens with zero attached hydrogens (tertiary/aromatic N) is 2. The van der Waals surface area contributed by atoms with Crippen molar-refractivity contribution in [3.8, 4) is 5.75 Å². The summed E-state index contributed by atoms with van der Waals surface area (Å²) in [6.45, 7) is 0.691. The number of fused-ring (bicyclic) bond motifs is 1. The molecule has 0 amide bonds. The molecule has 3 nitrogen and oxygen atoms in total. The molecule has 2 aliphatic rings. The van der Waals surface area contributed by atoms with Crippen LogP contribution in [0.1, 0.15) is 23.1 Å². The lowest BCUT2D eigenvalue weighted by atomic mass is 10.0. The van der Waals surface area contributed by atoms with E-state index in [2.05, 4.69) is 40.6 Å². The summed E-state index contributed by atoms with van der Waals surface area (Å²) in [5.41, 5.74) is 6.55. The standard InChI is InChI=1S/C18H14N2O/c21-18-4-2-1-3-16(18)14-7-5-12(9-14)13-6-8-15-11-19-20-17(15)10-13/h1-4,6-10,21H,5,11H2. The van der Waals surface area contributed by atoms with E-state index in [1.54, 1.807) is 6.07 Å². The van der Waals surface area contributed by atoms with Gasteiger partial charge in [0.25, 0.3) is 0 Å². The van der Waals surface area contributed by atoms with Gasteiger partial charge in [0.2, 0.25) is 0 Å². The summed E-state index contributed by atoms with van der Waals surface area (Å²) in [5.74, 6) is 0.323. The number of aromatic hydroxyl groups is 1. The number of hydrogen-bond acceptors (Lipinski definition) is 3. The monoisotopic (exact) mass is 274 g/mol. The zero-order valence-corrected chi connectivity index (χ0v) is 11.5. The number of para-hydroxylation sites is 1.